The zero-order chi connectivity index (χ0) is 18.1. The third-order valence-electron chi connectivity index (χ3n) is 4.94. The molecule has 1 atom stereocenters. The van der Waals surface area contributed by atoms with Gasteiger partial charge in [0.05, 0.1) is 12.2 Å². The molecular formula is C18H23N5O3. The Kier molecular flexibility index (Phi) is 4.60. The average Bonchev–Trinajstić information content (AvgIpc) is 3.22. The van der Waals surface area contributed by atoms with Crippen LogP contribution in [0, 0.1) is 13.8 Å². The Morgan fingerprint density at radius 1 is 1.23 bits per heavy atom. The molecule has 0 spiro atoms. The van der Waals surface area contributed by atoms with Crippen LogP contribution in [0.25, 0.3) is 11.1 Å². The summed E-state index contributed by atoms with van der Waals surface area (Å²) >= 11 is 0. The van der Waals surface area contributed by atoms with Gasteiger partial charge >= 0.3 is 0 Å². The first-order valence-corrected chi connectivity index (χ1v) is 8.88. The van der Waals surface area contributed by atoms with Crippen molar-refractivity contribution in [3.8, 4) is 0 Å². The number of piperazine rings is 1. The van der Waals surface area contributed by atoms with Crippen molar-refractivity contribution in [2.45, 2.75) is 32.9 Å². The van der Waals surface area contributed by atoms with E-state index >= 15 is 0 Å². The van der Waals surface area contributed by atoms with Gasteiger partial charge in [-0.15, -0.1) is 0 Å². The van der Waals surface area contributed by atoms with Crippen molar-refractivity contribution in [1.82, 2.24) is 20.0 Å². The van der Waals surface area contributed by atoms with Crippen molar-refractivity contribution in [2.24, 2.45) is 0 Å². The van der Waals surface area contributed by atoms with E-state index in [9.17, 15) is 5.11 Å². The second-order valence-electron chi connectivity index (χ2n) is 6.74. The molecule has 3 aromatic heterocycles. The number of aliphatic hydroxyl groups excluding tert-OH is 1. The maximum absolute atomic E-state index is 9.53. The Hall–Kier alpha value is -2.45. The lowest BCUT2D eigenvalue weighted by atomic mass is 10.1. The average molecular weight is 357 g/mol. The molecule has 4 rings (SSSR count). The molecule has 0 aliphatic carbocycles. The highest BCUT2D eigenvalue weighted by molar-refractivity contribution is 5.87. The van der Waals surface area contributed by atoms with Gasteiger partial charge < -0.3 is 18.9 Å². The maximum atomic E-state index is 9.53. The van der Waals surface area contributed by atoms with E-state index in [1.165, 1.54) is 6.33 Å². The molecule has 1 fully saturated rings. The molecule has 1 unspecified atom stereocenters. The lowest BCUT2D eigenvalue weighted by molar-refractivity contribution is 0.126. The molecule has 26 heavy (non-hydrogen) atoms. The second-order valence-corrected chi connectivity index (χ2v) is 6.74. The Balaban J connectivity index is 1.56. The topological polar surface area (TPSA) is 91.7 Å². The van der Waals surface area contributed by atoms with Gasteiger partial charge in [-0.1, -0.05) is 5.16 Å². The quantitative estimate of drug-likeness (QED) is 0.740. The van der Waals surface area contributed by atoms with Crippen molar-refractivity contribution < 1.29 is 14.0 Å². The number of nitrogens with zero attached hydrogens (tertiary/aromatic N) is 5. The fraction of sp³-hybridized carbons (Fsp3) is 0.500. The minimum atomic E-state index is 0.150. The molecule has 8 nitrogen and oxygen atoms in total. The zero-order valence-corrected chi connectivity index (χ0v) is 15.1. The number of anilines is 1. The number of hydrogen-bond donors (Lipinski definition) is 1. The number of aromatic nitrogens is 3. The predicted octanol–water partition coefficient (Wildman–Crippen LogP) is 1.90. The fourth-order valence-electron chi connectivity index (χ4n) is 3.63. The van der Waals surface area contributed by atoms with Crippen molar-refractivity contribution >= 4 is 16.9 Å². The van der Waals surface area contributed by atoms with Crippen LogP contribution < -0.4 is 4.90 Å². The summed E-state index contributed by atoms with van der Waals surface area (Å²) in [5.74, 6) is 2.73. The van der Waals surface area contributed by atoms with Crippen LogP contribution in [0.3, 0.4) is 0 Å². The van der Waals surface area contributed by atoms with Gasteiger partial charge in [-0.3, -0.25) is 4.90 Å². The summed E-state index contributed by atoms with van der Waals surface area (Å²) < 4.78 is 11.0. The Morgan fingerprint density at radius 2 is 2.12 bits per heavy atom. The van der Waals surface area contributed by atoms with Crippen molar-refractivity contribution in [2.75, 3.05) is 31.1 Å². The summed E-state index contributed by atoms with van der Waals surface area (Å²) in [4.78, 5) is 13.2. The smallest absolute Gasteiger partial charge is 0.263 e. The lowest BCUT2D eigenvalue weighted by Gasteiger charge is -2.41. The van der Waals surface area contributed by atoms with Crippen LogP contribution in [0.2, 0.25) is 0 Å². The normalized spacial score (nSPS) is 18.7. The molecule has 1 aliphatic rings. The zero-order valence-electron chi connectivity index (χ0n) is 15.1. The van der Waals surface area contributed by atoms with E-state index in [-0.39, 0.29) is 12.6 Å². The van der Waals surface area contributed by atoms with Crippen LogP contribution in [0.4, 0.5) is 5.82 Å². The van der Waals surface area contributed by atoms with Gasteiger partial charge in [0.25, 0.3) is 5.71 Å². The molecule has 0 aromatic carbocycles. The first kappa shape index (κ1) is 17.0. The molecule has 4 heterocycles. The Bertz CT molecular complexity index is 890. The van der Waals surface area contributed by atoms with Crippen LogP contribution in [-0.2, 0) is 6.54 Å². The summed E-state index contributed by atoms with van der Waals surface area (Å²) in [7, 11) is 0. The van der Waals surface area contributed by atoms with Gasteiger partial charge in [0.15, 0.2) is 0 Å². The van der Waals surface area contributed by atoms with E-state index < -0.39 is 0 Å². The number of aliphatic hydroxyl groups is 1. The monoisotopic (exact) mass is 357 g/mol. The van der Waals surface area contributed by atoms with E-state index in [1.54, 1.807) is 0 Å². The molecule has 8 heteroatoms. The highest BCUT2D eigenvalue weighted by atomic mass is 16.5. The number of furan rings is 1. The molecule has 1 saturated heterocycles. The van der Waals surface area contributed by atoms with Gasteiger partial charge in [0.2, 0.25) is 0 Å². The van der Waals surface area contributed by atoms with Crippen molar-refractivity contribution in [3.05, 3.63) is 35.7 Å². The number of rotatable bonds is 5. The first-order valence-electron chi connectivity index (χ1n) is 8.88. The first-order chi connectivity index (χ1) is 12.7. The lowest BCUT2D eigenvalue weighted by Crippen LogP contribution is -2.53. The largest absolute Gasteiger partial charge is 0.465 e. The van der Waals surface area contributed by atoms with E-state index in [2.05, 4.69) is 24.9 Å². The van der Waals surface area contributed by atoms with Crippen molar-refractivity contribution in [3.63, 3.8) is 0 Å². The highest BCUT2D eigenvalue weighted by Gasteiger charge is 2.29. The van der Waals surface area contributed by atoms with Gasteiger partial charge in [-0.2, -0.15) is 4.98 Å². The summed E-state index contributed by atoms with van der Waals surface area (Å²) in [6.07, 6.45) is 2.22. The third kappa shape index (κ3) is 3.17. The summed E-state index contributed by atoms with van der Waals surface area (Å²) in [5.41, 5.74) is 1.31. The molecule has 0 bridgehead atoms. The highest BCUT2D eigenvalue weighted by Crippen LogP contribution is 2.28. The summed E-state index contributed by atoms with van der Waals surface area (Å²) in [6.45, 7) is 7.22. The van der Waals surface area contributed by atoms with Gasteiger partial charge in [-0.05, 0) is 32.4 Å². The SMILES string of the molecule is Cc1ccc(CN2CCN(c3ncnc4onc(C)c34)CC2CCO)o1. The Morgan fingerprint density at radius 3 is 2.88 bits per heavy atom. The summed E-state index contributed by atoms with van der Waals surface area (Å²) in [6, 6.07) is 4.22. The van der Waals surface area contributed by atoms with E-state index in [0.29, 0.717) is 12.1 Å². The van der Waals surface area contributed by atoms with Crippen LogP contribution >= 0.6 is 0 Å². The number of aryl methyl sites for hydroxylation is 2. The fourth-order valence-corrected chi connectivity index (χ4v) is 3.63. The number of hydrogen-bond acceptors (Lipinski definition) is 8. The molecule has 0 amide bonds. The predicted molar refractivity (Wildman–Crippen MR) is 95.9 cm³/mol. The minimum Gasteiger partial charge on any atom is -0.465 e. The molecule has 1 N–H and O–H groups in total. The van der Waals surface area contributed by atoms with Crippen LogP contribution in [-0.4, -0.2) is 57.4 Å². The summed E-state index contributed by atoms with van der Waals surface area (Å²) in [5, 5.41) is 14.4. The molecule has 0 saturated carbocycles. The third-order valence-corrected chi connectivity index (χ3v) is 4.94. The Labute approximate surface area is 151 Å². The van der Waals surface area contributed by atoms with Gasteiger partial charge in [-0.25, -0.2) is 4.98 Å². The molecule has 138 valence electrons. The molecule has 0 radical (unpaired) electrons. The van der Waals surface area contributed by atoms with Crippen LogP contribution in [0.5, 0.6) is 0 Å². The number of fused-ring (bicyclic) bond motifs is 1. The van der Waals surface area contributed by atoms with E-state index in [0.717, 1.165) is 54.6 Å². The van der Waals surface area contributed by atoms with E-state index in [4.69, 9.17) is 8.94 Å². The second kappa shape index (κ2) is 7.05. The molecule has 1 aliphatic heterocycles. The molecule has 3 aromatic rings. The standard InChI is InChI=1S/C18H23N5O3/c1-12-3-4-15(25-12)10-22-6-7-23(9-14(22)5-8-24)17-16-13(2)21-26-18(16)20-11-19-17/h3-4,11,14,24H,5-10H2,1-2H3. The van der Waals surface area contributed by atoms with Crippen molar-refractivity contribution in [1.29, 1.82) is 0 Å². The van der Waals surface area contributed by atoms with Gasteiger partial charge in [0, 0.05) is 32.3 Å². The van der Waals surface area contributed by atoms with Crippen LogP contribution in [0.1, 0.15) is 23.6 Å². The maximum Gasteiger partial charge on any atom is 0.263 e. The van der Waals surface area contributed by atoms with E-state index in [1.807, 2.05) is 26.0 Å². The molecular weight excluding hydrogens is 334 g/mol. The minimum absolute atomic E-state index is 0.150. The van der Waals surface area contributed by atoms with Gasteiger partial charge in [0.1, 0.15) is 29.1 Å². The van der Waals surface area contributed by atoms with Crippen LogP contribution in [0.15, 0.2) is 27.4 Å².